The summed E-state index contributed by atoms with van der Waals surface area (Å²) in [7, 11) is -3.31. The predicted molar refractivity (Wildman–Crippen MR) is 79.4 cm³/mol. The van der Waals surface area contributed by atoms with Gasteiger partial charge in [-0.3, -0.25) is 0 Å². The first kappa shape index (κ1) is 14.4. The minimum absolute atomic E-state index is 0.379. The lowest BCUT2D eigenvalue weighted by molar-refractivity contribution is 0.267. The second-order valence-corrected chi connectivity index (χ2v) is 9.13. The van der Waals surface area contributed by atoms with Crippen molar-refractivity contribution in [3.8, 4) is 0 Å². The summed E-state index contributed by atoms with van der Waals surface area (Å²) in [6.45, 7) is 4.14. The molecule has 112 valence electrons. The molecule has 1 N–H and O–H groups in total. The molecule has 0 spiro atoms. The number of hydrogen-bond acceptors (Lipinski definition) is 5. The highest BCUT2D eigenvalue weighted by molar-refractivity contribution is 7.91. The maximum absolute atomic E-state index is 12.5. The number of piperidine rings is 1. The third-order valence-electron chi connectivity index (χ3n) is 4.04. The summed E-state index contributed by atoms with van der Waals surface area (Å²) >= 11 is 1.26. The number of hydrogen-bond donors (Lipinski definition) is 1. The van der Waals surface area contributed by atoms with E-state index in [-0.39, 0.29) is 0 Å². The SMILES string of the molecule is Cc1ncc(S(=O)(=O)N2CCC(CNC3CC3)CC2)s1. The summed E-state index contributed by atoms with van der Waals surface area (Å²) in [5, 5.41) is 4.34. The van der Waals surface area contributed by atoms with E-state index < -0.39 is 10.0 Å². The molecule has 0 unspecified atom stereocenters. The van der Waals surface area contributed by atoms with Gasteiger partial charge in [0.05, 0.1) is 11.2 Å². The molecule has 0 radical (unpaired) electrons. The third-order valence-corrected chi connectivity index (χ3v) is 7.29. The topological polar surface area (TPSA) is 62.3 Å². The Kier molecular flexibility index (Phi) is 4.12. The van der Waals surface area contributed by atoms with Gasteiger partial charge in [-0.05, 0) is 45.1 Å². The summed E-state index contributed by atoms with van der Waals surface area (Å²) in [6.07, 6.45) is 6.00. The largest absolute Gasteiger partial charge is 0.314 e. The minimum atomic E-state index is -3.31. The van der Waals surface area contributed by atoms with Crippen LogP contribution in [0.3, 0.4) is 0 Å². The average molecular weight is 315 g/mol. The lowest BCUT2D eigenvalue weighted by Gasteiger charge is -2.30. The molecular weight excluding hydrogens is 294 g/mol. The first-order chi connectivity index (χ1) is 9.55. The van der Waals surface area contributed by atoms with Crippen molar-refractivity contribution >= 4 is 21.4 Å². The number of thiazole rings is 1. The smallest absolute Gasteiger partial charge is 0.254 e. The van der Waals surface area contributed by atoms with Gasteiger partial charge in [-0.2, -0.15) is 4.31 Å². The first-order valence-corrected chi connectivity index (χ1v) is 9.47. The normalized spacial score (nSPS) is 22.2. The van der Waals surface area contributed by atoms with Crippen LogP contribution in [0.5, 0.6) is 0 Å². The molecule has 0 amide bonds. The van der Waals surface area contributed by atoms with Crippen molar-refractivity contribution in [1.82, 2.24) is 14.6 Å². The van der Waals surface area contributed by atoms with E-state index in [1.54, 1.807) is 4.31 Å². The fraction of sp³-hybridized carbons (Fsp3) is 0.769. The molecule has 0 bridgehead atoms. The number of aromatic nitrogens is 1. The Bertz CT molecular complexity index is 558. The Morgan fingerprint density at radius 1 is 1.35 bits per heavy atom. The summed E-state index contributed by atoms with van der Waals surface area (Å²) in [4.78, 5) is 4.05. The number of nitrogens with zero attached hydrogens (tertiary/aromatic N) is 2. The number of aryl methyl sites for hydroxylation is 1. The molecule has 1 aliphatic heterocycles. The van der Waals surface area contributed by atoms with Crippen LogP contribution in [0.15, 0.2) is 10.4 Å². The lowest BCUT2D eigenvalue weighted by Crippen LogP contribution is -2.40. The van der Waals surface area contributed by atoms with Gasteiger partial charge in [0.25, 0.3) is 10.0 Å². The van der Waals surface area contributed by atoms with Crippen LogP contribution in [0.4, 0.5) is 0 Å². The molecule has 1 saturated heterocycles. The molecule has 1 saturated carbocycles. The summed E-state index contributed by atoms with van der Waals surface area (Å²) < 4.78 is 26.9. The molecule has 0 atom stereocenters. The summed E-state index contributed by atoms with van der Waals surface area (Å²) in [6, 6.07) is 0.733. The van der Waals surface area contributed by atoms with Crippen molar-refractivity contribution in [2.75, 3.05) is 19.6 Å². The zero-order valence-corrected chi connectivity index (χ0v) is 13.3. The van der Waals surface area contributed by atoms with Crippen LogP contribution in [-0.4, -0.2) is 43.4 Å². The summed E-state index contributed by atoms with van der Waals surface area (Å²) in [5.74, 6) is 0.616. The van der Waals surface area contributed by atoms with Gasteiger partial charge in [-0.15, -0.1) is 11.3 Å². The van der Waals surface area contributed by atoms with Crippen LogP contribution in [0.25, 0.3) is 0 Å². The molecule has 2 fully saturated rings. The molecule has 2 aliphatic rings. The van der Waals surface area contributed by atoms with E-state index >= 15 is 0 Å². The zero-order valence-electron chi connectivity index (χ0n) is 11.7. The van der Waals surface area contributed by atoms with Crippen LogP contribution in [-0.2, 0) is 10.0 Å². The van der Waals surface area contributed by atoms with Crippen molar-refractivity contribution in [2.24, 2.45) is 5.92 Å². The molecule has 1 aromatic heterocycles. The molecule has 1 aromatic rings. The number of sulfonamides is 1. The lowest BCUT2D eigenvalue weighted by atomic mass is 9.98. The Hall–Kier alpha value is -0.500. The molecular formula is C13H21N3O2S2. The monoisotopic (exact) mass is 315 g/mol. The van der Waals surface area contributed by atoms with E-state index in [9.17, 15) is 8.42 Å². The maximum atomic E-state index is 12.5. The number of nitrogens with one attached hydrogen (secondary N) is 1. The van der Waals surface area contributed by atoms with Gasteiger partial charge in [0.2, 0.25) is 0 Å². The molecule has 0 aromatic carbocycles. The number of rotatable bonds is 5. The fourth-order valence-corrected chi connectivity index (χ4v) is 5.30. The molecule has 3 rings (SSSR count). The molecule has 5 nitrogen and oxygen atoms in total. The highest BCUT2D eigenvalue weighted by Crippen LogP contribution is 2.27. The Balaban J connectivity index is 1.56. The van der Waals surface area contributed by atoms with E-state index in [1.807, 2.05) is 6.92 Å². The van der Waals surface area contributed by atoms with Crippen LogP contribution in [0, 0.1) is 12.8 Å². The highest BCUT2D eigenvalue weighted by atomic mass is 32.2. The van der Waals surface area contributed by atoms with Gasteiger partial charge in [0.15, 0.2) is 4.21 Å². The van der Waals surface area contributed by atoms with Crippen molar-refractivity contribution < 1.29 is 8.42 Å². The van der Waals surface area contributed by atoms with E-state index in [0.29, 0.717) is 23.2 Å². The van der Waals surface area contributed by atoms with Crippen molar-refractivity contribution in [3.63, 3.8) is 0 Å². The quantitative estimate of drug-likeness (QED) is 0.896. The van der Waals surface area contributed by atoms with Crippen molar-refractivity contribution in [3.05, 3.63) is 11.2 Å². The molecule has 7 heteroatoms. The van der Waals surface area contributed by atoms with Gasteiger partial charge < -0.3 is 5.32 Å². The van der Waals surface area contributed by atoms with E-state index in [0.717, 1.165) is 30.4 Å². The van der Waals surface area contributed by atoms with Crippen LogP contribution >= 0.6 is 11.3 Å². The van der Waals surface area contributed by atoms with E-state index in [1.165, 1.54) is 30.4 Å². The first-order valence-electron chi connectivity index (χ1n) is 7.21. The van der Waals surface area contributed by atoms with Gasteiger partial charge in [-0.25, -0.2) is 13.4 Å². The van der Waals surface area contributed by atoms with Crippen LogP contribution in [0.1, 0.15) is 30.7 Å². The third kappa shape index (κ3) is 3.21. The fourth-order valence-electron chi connectivity index (χ4n) is 2.56. The van der Waals surface area contributed by atoms with Gasteiger partial charge in [0.1, 0.15) is 0 Å². The van der Waals surface area contributed by atoms with Gasteiger partial charge in [0, 0.05) is 19.1 Å². The second-order valence-electron chi connectivity index (χ2n) is 5.73. The Labute approximate surface area is 124 Å². The van der Waals surface area contributed by atoms with E-state index in [4.69, 9.17) is 0 Å². The maximum Gasteiger partial charge on any atom is 0.254 e. The second kappa shape index (κ2) is 5.71. The Morgan fingerprint density at radius 2 is 2.05 bits per heavy atom. The predicted octanol–water partition coefficient (Wildman–Crippen LogP) is 1.60. The minimum Gasteiger partial charge on any atom is -0.314 e. The van der Waals surface area contributed by atoms with Crippen LogP contribution < -0.4 is 5.32 Å². The summed E-state index contributed by atoms with van der Waals surface area (Å²) in [5.41, 5.74) is 0. The molecule has 2 heterocycles. The van der Waals surface area contributed by atoms with Crippen molar-refractivity contribution in [1.29, 1.82) is 0 Å². The Morgan fingerprint density at radius 3 is 2.60 bits per heavy atom. The van der Waals surface area contributed by atoms with Gasteiger partial charge in [-0.1, -0.05) is 0 Å². The zero-order chi connectivity index (χ0) is 14.2. The van der Waals surface area contributed by atoms with E-state index in [2.05, 4.69) is 10.3 Å². The molecule has 20 heavy (non-hydrogen) atoms. The van der Waals surface area contributed by atoms with Crippen LogP contribution in [0.2, 0.25) is 0 Å². The van der Waals surface area contributed by atoms with Gasteiger partial charge >= 0.3 is 0 Å². The standard InChI is InChI=1S/C13H21N3O2S2/c1-10-14-9-13(19-10)20(17,18)16-6-4-11(5-7-16)8-15-12-2-3-12/h9,11-12,15H,2-8H2,1H3. The highest BCUT2D eigenvalue weighted by Gasteiger charge is 2.31. The molecule has 1 aliphatic carbocycles. The average Bonchev–Trinajstić information content (AvgIpc) is 3.17. The van der Waals surface area contributed by atoms with Crippen molar-refractivity contribution in [2.45, 2.75) is 42.9 Å².